The average molecular weight is 375 g/mol. The summed E-state index contributed by atoms with van der Waals surface area (Å²) in [4.78, 5) is 28.8. The Morgan fingerprint density at radius 3 is 2.56 bits per heavy atom. The smallest absolute Gasteiger partial charge is 0.337 e. The van der Waals surface area contributed by atoms with Gasteiger partial charge in [0.1, 0.15) is 0 Å². The molecule has 0 fully saturated rings. The Morgan fingerprint density at radius 1 is 1.22 bits per heavy atom. The monoisotopic (exact) mass is 375 g/mol. The minimum Gasteiger partial charge on any atom is -0.465 e. The molecule has 0 atom stereocenters. The van der Waals surface area contributed by atoms with E-state index in [0.717, 1.165) is 10.2 Å². The molecular formula is C20H13N3O3S. The summed E-state index contributed by atoms with van der Waals surface area (Å²) in [5.41, 5.74) is 2.01. The van der Waals surface area contributed by atoms with Crippen LogP contribution in [0.25, 0.3) is 10.2 Å². The number of benzene rings is 2. The first-order chi connectivity index (χ1) is 13.1. The van der Waals surface area contributed by atoms with Gasteiger partial charge in [-0.2, -0.15) is 10.3 Å². The number of esters is 1. The lowest BCUT2D eigenvalue weighted by molar-refractivity contribution is 0.0601. The first-order valence-corrected chi connectivity index (χ1v) is 8.63. The van der Waals surface area contributed by atoms with Crippen LogP contribution in [0.15, 0.2) is 47.5 Å². The van der Waals surface area contributed by atoms with E-state index in [1.807, 2.05) is 6.07 Å². The minimum atomic E-state index is -0.444. The molecule has 2 aromatic carbocycles. The second-order valence-electron chi connectivity index (χ2n) is 5.46. The normalized spacial score (nSPS) is 11.0. The number of terminal acetylenes is 1. The van der Waals surface area contributed by atoms with Crippen LogP contribution in [-0.4, -0.2) is 23.6 Å². The Kier molecular flexibility index (Phi) is 5.16. The predicted molar refractivity (Wildman–Crippen MR) is 101 cm³/mol. The summed E-state index contributed by atoms with van der Waals surface area (Å²) in [7, 11) is 1.32. The number of rotatable bonds is 3. The number of hydrogen-bond acceptors (Lipinski definition) is 5. The van der Waals surface area contributed by atoms with Gasteiger partial charge in [0.05, 0.1) is 41.1 Å². The van der Waals surface area contributed by atoms with Crippen molar-refractivity contribution in [1.29, 1.82) is 5.26 Å². The van der Waals surface area contributed by atoms with Crippen LogP contribution in [0.5, 0.6) is 0 Å². The number of ether oxygens (including phenoxy) is 1. The van der Waals surface area contributed by atoms with Gasteiger partial charge in [-0.1, -0.05) is 17.3 Å². The first-order valence-electron chi connectivity index (χ1n) is 7.81. The maximum absolute atomic E-state index is 12.5. The number of carbonyl (C=O) groups is 2. The third-order valence-electron chi connectivity index (χ3n) is 3.81. The van der Waals surface area contributed by atoms with E-state index in [1.165, 1.54) is 18.4 Å². The van der Waals surface area contributed by atoms with Crippen molar-refractivity contribution in [3.63, 3.8) is 0 Å². The molecule has 3 rings (SSSR count). The van der Waals surface area contributed by atoms with E-state index in [-0.39, 0.29) is 6.54 Å². The van der Waals surface area contributed by atoms with Crippen molar-refractivity contribution in [2.24, 2.45) is 4.99 Å². The van der Waals surface area contributed by atoms with Gasteiger partial charge in [-0.15, -0.1) is 6.42 Å². The average Bonchev–Trinajstić information content (AvgIpc) is 3.04. The van der Waals surface area contributed by atoms with Crippen LogP contribution < -0.4 is 4.80 Å². The number of hydrogen-bond donors (Lipinski definition) is 0. The molecule has 6 nitrogen and oxygen atoms in total. The summed E-state index contributed by atoms with van der Waals surface area (Å²) in [5, 5.41) is 8.85. The van der Waals surface area contributed by atoms with Gasteiger partial charge in [-0.05, 0) is 42.5 Å². The molecule has 0 saturated carbocycles. The molecule has 3 aromatic rings. The molecular weight excluding hydrogens is 362 g/mol. The fourth-order valence-corrected chi connectivity index (χ4v) is 3.55. The molecule has 0 unspecified atom stereocenters. The summed E-state index contributed by atoms with van der Waals surface area (Å²) in [5.74, 6) is 1.67. The first kappa shape index (κ1) is 18.1. The Morgan fingerprint density at radius 2 is 1.93 bits per heavy atom. The number of methoxy groups -OCH3 is 1. The Hall–Kier alpha value is -3.68. The zero-order valence-corrected chi connectivity index (χ0v) is 15.1. The van der Waals surface area contributed by atoms with Crippen molar-refractivity contribution < 1.29 is 14.3 Å². The molecule has 0 bridgehead atoms. The number of thiazole rings is 1. The van der Waals surface area contributed by atoms with Gasteiger partial charge in [0.2, 0.25) is 0 Å². The van der Waals surface area contributed by atoms with E-state index in [4.69, 9.17) is 16.4 Å². The molecule has 1 aromatic heterocycles. The van der Waals surface area contributed by atoms with Gasteiger partial charge >= 0.3 is 5.97 Å². The van der Waals surface area contributed by atoms with Crippen LogP contribution in [0.3, 0.4) is 0 Å². The zero-order chi connectivity index (χ0) is 19.4. The lowest BCUT2D eigenvalue weighted by Crippen LogP contribution is -2.16. The third-order valence-corrected chi connectivity index (χ3v) is 4.85. The highest BCUT2D eigenvalue weighted by molar-refractivity contribution is 7.16. The quantitative estimate of drug-likeness (QED) is 0.520. The number of amides is 1. The number of fused-ring (bicyclic) bond motifs is 1. The Balaban J connectivity index is 2.11. The van der Waals surface area contributed by atoms with Gasteiger partial charge in [0, 0.05) is 5.56 Å². The van der Waals surface area contributed by atoms with E-state index >= 15 is 0 Å². The number of nitriles is 1. The molecule has 0 aliphatic rings. The lowest BCUT2D eigenvalue weighted by Gasteiger charge is -2.01. The molecule has 1 heterocycles. The van der Waals surface area contributed by atoms with Crippen molar-refractivity contribution in [2.75, 3.05) is 7.11 Å². The lowest BCUT2D eigenvalue weighted by atomic mass is 10.1. The van der Waals surface area contributed by atoms with Gasteiger partial charge in [0.15, 0.2) is 4.80 Å². The van der Waals surface area contributed by atoms with E-state index in [2.05, 4.69) is 10.9 Å². The Labute approximate surface area is 159 Å². The molecule has 0 saturated heterocycles. The summed E-state index contributed by atoms with van der Waals surface area (Å²) in [6, 6.07) is 13.3. The van der Waals surface area contributed by atoms with E-state index in [0.29, 0.717) is 21.5 Å². The SMILES string of the molecule is C#CCn1c(=NC(=O)c2ccc(C#N)cc2)sc2cc(C(=O)OC)ccc21. The minimum absolute atomic E-state index is 0.233. The van der Waals surface area contributed by atoms with E-state index in [9.17, 15) is 9.59 Å². The highest BCUT2D eigenvalue weighted by Gasteiger charge is 2.12. The summed E-state index contributed by atoms with van der Waals surface area (Å²) in [6.07, 6.45) is 5.46. The topological polar surface area (TPSA) is 84.5 Å². The molecule has 7 heteroatoms. The zero-order valence-electron chi connectivity index (χ0n) is 14.3. The van der Waals surface area contributed by atoms with E-state index in [1.54, 1.807) is 47.0 Å². The third kappa shape index (κ3) is 3.64. The highest BCUT2D eigenvalue weighted by atomic mass is 32.1. The van der Waals surface area contributed by atoms with Crippen LogP contribution >= 0.6 is 11.3 Å². The second kappa shape index (κ2) is 7.69. The maximum atomic E-state index is 12.5. The van der Waals surface area contributed by atoms with Gasteiger partial charge < -0.3 is 9.30 Å². The molecule has 0 radical (unpaired) electrons. The molecule has 1 amide bonds. The van der Waals surface area contributed by atoms with Crippen LogP contribution in [0, 0.1) is 23.7 Å². The molecule has 0 spiro atoms. The molecule has 0 N–H and O–H groups in total. The van der Waals surface area contributed by atoms with Gasteiger partial charge in [-0.25, -0.2) is 4.79 Å². The van der Waals surface area contributed by atoms with Gasteiger partial charge in [0.25, 0.3) is 5.91 Å². The summed E-state index contributed by atoms with van der Waals surface area (Å²) >= 11 is 1.26. The van der Waals surface area contributed by atoms with Crippen LogP contribution in [0.4, 0.5) is 0 Å². The maximum Gasteiger partial charge on any atom is 0.337 e. The van der Waals surface area contributed by atoms with Gasteiger partial charge in [-0.3, -0.25) is 4.79 Å². The van der Waals surface area contributed by atoms with Crippen LogP contribution in [-0.2, 0) is 11.3 Å². The highest BCUT2D eigenvalue weighted by Crippen LogP contribution is 2.20. The van der Waals surface area contributed by atoms with Crippen molar-refractivity contribution in [1.82, 2.24) is 4.57 Å². The Bertz CT molecular complexity index is 1190. The molecule has 27 heavy (non-hydrogen) atoms. The van der Waals surface area contributed by atoms with Crippen LogP contribution in [0.2, 0.25) is 0 Å². The number of nitrogens with zero attached hydrogens (tertiary/aromatic N) is 3. The number of carbonyl (C=O) groups excluding carboxylic acids is 2. The predicted octanol–water partition coefficient (Wildman–Crippen LogP) is 2.74. The second-order valence-corrected chi connectivity index (χ2v) is 6.46. The fraction of sp³-hybridized carbons (Fsp3) is 0.100. The largest absolute Gasteiger partial charge is 0.465 e. The van der Waals surface area contributed by atoms with Crippen molar-refractivity contribution in [3.8, 4) is 18.4 Å². The molecule has 0 aliphatic heterocycles. The van der Waals surface area contributed by atoms with Crippen LogP contribution in [0.1, 0.15) is 26.3 Å². The molecule has 0 aliphatic carbocycles. The summed E-state index contributed by atoms with van der Waals surface area (Å²) < 4.78 is 7.24. The fourth-order valence-electron chi connectivity index (χ4n) is 2.49. The van der Waals surface area contributed by atoms with Crippen molar-refractivity contribution >= 4 is 33.4 Å². The van der Waals surface area contributed by atoms with Crippen molar-refractivity contribution in [2.45, 2.75) is 6.54 Å². The standard InChI is InChI=1S/C20H13N3O3S/c1-3-10-23-16-9-8-15(19(25)26-2)11-17(16)27-20(23)22-18(24)14-6-4-13(12-21)5-7-14/h1,4-9,11H,10H2,2H3. The molecule has 132 valence electrons. The number of aromatic nitrogens is 1. The van der Waals surface area contributed by atoms with Crippen molar-refractivity contribution in [3.05, 3.63) is 64.0 Å². The summed E-state index contributed by atoms with van der Waals surface area (Å²) in [6.45, 7) is 0.233. The van der Waals surface area contributed by atoms with E-state index < -0.39 is 11.9 Å².